The molecule has 0 spiro atoms. The summed E-state index contributed by atoms with van der Waals surface area (Å²) in [6.07, 6.45) is -4.57. The van der Waals surface area contributed by atoms with Gasteiger partial charge in [0.1, 0.15) is 0 Å². The minimum absolute atomic E-state index is 0.0360. The third-order valence-electron chi connectivity index (χ3n) is 2.99. The van der Waals surface area contributed by atoms with Crippen LogP contribution in [0.5, 0.6) is 0 Å². The molecule has 0 aliphatic heterocycles. The van der Waals surface area contributed by atoms with Crippen molar-refractivity contribution >= 4 is 16.9 Å². The fourth-order valence-corrected chi connectivity index (χ4v) is 2.18. The summed E-state index contributed by atoms with van der Waals surface area (Å²) < 4.78 is 44.1. The van der Waals surface area contributed by atoms with Crippen molar-refractivity contribution < 1.29 is 27.9 Å². The van der Waals surface area contributed by atoms with E-state index in [1.807, 2.05) is 0 Å². The molecule has 0 bridgehead atoms. The summed E-state index contributed by atoms with van der Waals surface area (Å²) in [6.45, 7) is 2.97. The molecule has 2 rings (SSSR count). The molecule has 0 amide bonds. The van der Waals surface area contributed by atoms with Crippen molar-refractivity contribution in [3.63, 3.8) is 0 Å². The number of fused-ring (bicyclic) bond motifs is 1. The maximum Gasteiger partial charge on any atom is 0.417 e. The topological polar surface area (TPSA) is 51.5 Å². The minimum Gasteiger partial charge on any atom is -0.461 e. The highest BCUT2D eigenvalue weighted by Crippen LogP contribution is 2.38. The van der Waals surface area contributed by atoms with E-state index in [9.17, 15) is 23.2 Å². The summed E-state index contributed by atoms with van der Waals surface area (Å²) in [4.78, 5) is 11.7. The van der Waals surface area contributed by atoms with Crippen molar-refractivity contribution in [2.75, 3.05) is 6.61 Å². The predicted molar refractivity (Wildman–Crippen MR) is 64.8 cm³/mol. The van der Waals surface area contributed by atoms with Crippen molar-refractivity contribution in [1.82, 2.24) is 4.73 Å². The van der Waals surface area contributed by atoms with Gasteiger partial charge < -0.3 is 9.94 Å². The molecule has 108 valence electrons. The number of aromatic nitrogens is 1. The first-order chi connectivity index (χ1) is 9.29. The number of esters is 1. The summed E-state index contributed by atoms with van der Waals surface area (Å²) >= 11 is 0. The zero-order valence-corrected chi connectivity index (χ0v) is 10.8. The summed E-state index contributed by atoms with van der Waals surface area (Å²) in [5, 5.41) is 9.70. The summed E-state index contributed by atoms with van der Waals surface area (Å²) in [5.74, 6) is -0.864. The van der Waals surface area contributed by atoms with Crippen molar-refractivity contribution in [2.24, 2.45) is 0 Å². The van der Waals surface area contributed by atoms with Crippen LogP contribution in [0.1, 0.15) is 28.5 Å². The molecule has 7 heteroatoms. The fraction of sp³-hybridized carbons (Fsp3) is 0.308. The summed E-state index contributed by atoms with van der Waals surface area (Å²) in [5.41, 5.74) is -1.24. The van der Waals surface area contributed by atoms with Crippen LogP contribution in [-0.2, 0) is 10.9 Å². The Labute approximate surface area is 112 Å². The number of carbonyl (C=O) groups excluding carboxylic acids is 1. The first-order valence-corrected chi connectivity index (χ1v) is 5.86. The van der Waals surface area contributed by atoms with E-state index in [0.717, 1.165) is 6.07 Å². The molecule has 0 radical (unpaired) electrons. The van der Waals surface area contributed by atoms with Gasteiger partial charge in [0.05, 0.1) is 17.7 Å². The van der Waals surface area contributed by atoms with Gasteiger partial charge in [-0.1, -0.05) is 6.07 Å². The van der Waals surface area contributed by atoms with Gasteiger partial charge in [-0.25, -0.2) is 4.79 Å². The first kappa shape index (κ1) is 14.2. The number of nitrogens with zero attached hydrogens (tertiary/aromatic N) is 1. The van der Waals surface area contributed by atoms with Crippen molar-refractivity contribution in [1.29, 1.82) is 0 Å². The second-order valence-corrected chi connectivity index (χ2v) is 4.20. The molecule has 1 N–H and O–H groups in total. The molecule has 1 aromatic heterocycles. The van der Waals surface area contributed by atoms with Gasteiger partial charge in [0.2, 0.25) is 0 Å². The maximum absolute atomic E-state index is 13.0. The maximum atomic E-state index is 13.0. The van der Waals surface area contributed by atoms with Crippen LogP contribution >= 0.6 is 0 Å². The lowest BCUT2D eigenvalue weighted by Crippen LogP contribution is -2.11. The quantitative estimate of drug-likeness (QED) is 0.680. The summed E-state index contributed by atoms with van der Waals surface area (Å²) in [7, 11) is 0. The molecule has 4 nitrogen and oxygen atoms in total. The standard InChI is InChI=1S/C13H12F3NO3/c1-3-20-12(18)11-7(2)10-8(13(14,15)16)5-4-6-9(10)17(11)19/h4-6,19H,3H2,1-2H3. The number of hydrogen-bond acceptors (Lipinski definition) is 3. The average molecular weight is 287 g/mol. The molecule has 0 saturated carbocycles. The van der Waals surface area contributed by atoms with Crippen molar-refractivity contribution in [2.45, 2.75) is 20.0 Å². The lowest BCUT2D eigenvalue weighted by Gasteiger charge is -2.08. The van der Waals surface area contributed by atoms with E-state index in [1.165, 1.54) is 19.1 Å². The molecule has 0 aliphatic carbocycles. The van der Waals surface area contributed by atoms with Gasteiger partial charge in [-0.15, -0.1) is 0 Å². The third kappa shape index (κ3) is 2.09. The molecule has 2 aromatic rings. The second kappa shape index (κ2) is 4.73. The first-order valence-electron chi connectivity index (χ1n) is 5.86. The number of ether oxygens (including phenoxy) is 1. The van der Waals surface area contributed by atoms with E-state index in [-0.39, 0.29) is 28.8 Å². The van der Waals surface area contributed by atoms with Crippen LogP contribution < -0.4 is 0 Å². The smallest absolute Gasteiger partial charge is 0.417 e. The van der Waals surface area contributed by atoms with E-state index < -0.39 is 17.7 Å². The Morgan fingerprint density at radius 3 is 2.60 bits per heavy atom. The Morgan fingerprint density at radius 1 is 1.40 bits per heavy atom. The molecule has 1 heterocycles. The van der Waals surface area contributed by atoms with E-state index in [1.54, 1.807) is 6.92 Å². The van der Waals surface area contributed by atoms with Gasteiger partial charge in [0.15, 0.2) is 5.69 Å². The van der Waals surface area contributed by atoms with Crippen LogP contribution in [0.4, 0.5) is 13.2 Å². The van der Waals surface area contributed by atoms with E-state index >= 15 is 0 Å². The molecule has 20 heavy (non-hydrogen) atoms. The molecule has 0 aliphatic rings. The van der Waals surface area contributed by atoms with Gasteiger partial charge in [-0.05, 0) is 31.5 Å². The Hall–Kier alpha value is -2.18. The number of hydrogen-bond donors (Lipinski definition) is 1. The number of rotatable bonds is 2. The van der Waals surface area contributed by atoms with Crippen molar-refractivity contribution in [3.8, 4) is 0 Å². The zero-order valence-electron chi connectivity index (χ0n) is 10.8. The molecule has 0 fully saturated rings. The monoisotopic (exact) mass is 287 g/mol. The Bertz CT molecular complexity index is 674. The van der Waals surface area contributed by atoms with Crippen LogP contribution in [0.2, 0.25) is 0 Å². The van der Waals surface area contributed by atoms with Gasteiger partial charge in [0, 0.05) is 5.39 Å². The number of carbonyl (C=O) groups is 1. The average Bonchev–Trinajstić information content (AvgIpc) is 2.61. The van der Waals surface area contributed by atoms with Crippen LogP contribution in [0.15, 0.2) is 18.2 Å². The lowest BCUT2D eigenvalue weighted by molar-refractivity contribution is -0.136. The fourth-order valence-electron chi connectivity index (χ4n) is 2.18. The third-order valence-corrected chi connectivity index (χ3v) is 2.99. The van der Waals surface area contributed by atoms with Crippen LogP contribution in [0.3, 0.4) is 0 Å². The molecule has 0 saturated heterocycles. The van der Waals surface area contributed by atoms with Gasteiger partial charge in [-0.2, -0.15) is 17.9 Å². The van der Waals surface area contributed by atoms with Gasteiger partial charge in [-0.3, -0.25) is 0 Å². The van der Waals surface area contributed by atoms with Gasteiger partial charge in [0.25, 0.3) is 0 Å². The van der Waals surface area contributed by atoms with Crippen LogP contribution in [0.25, 0.3) is 10.9 Å². The van der Waals surface area contributed by atoms with Crippen LogP contribution in [0, 0.1) is 6.92 Å². The highest BCUT2D eigenvalue weighted by Gasteiger charge is 2.35. The second-order valence-electron chi connectivity index (χ2n) is 4.20. The molecule has 0 atom stereocenters. The van der Waals surface area contributed by atoms with Crippen LogP contribution in [-0.4, -0.2) is 22.5 Å². The predicted octanol–water partition coefficient (Wildman–Crippen LogP) is 3.38. The SMILES string of the molecule is CCOC(=O)c1c(C)c2c(C(F)(F)F)cccc2n1O. The van der Waals surface area contributed by atoms with Crippen molar-refractivity contribution in [3.05, 3.63) is 35.0 Å². The Kier molecular flexibility index (Phi) is 3.37. The number of benzene rings is 1. The highest BCUT2D eigenvalue weighted by atomic mass is 19.4. The normalized spacial score (nSPS) is 11.8. The number of aryl methyl sites for hydroxylation is 1. The lowest BCUT2D eigenvalue weighted by atomic mass is 10.1. The van der Waals surface area contributed by atoms with E-state index in [0.29, 0.717) is 4.73 Å². The Morgan fingerprint density at radius 2 is 2.05 bits per heavy atom. The zero-order chi connectivity index (χ0) is 15.1. The molecule has 1 aromatic carbocycles. The van der Waals surface area contributed by atoms with Gasteiger partial charge >= 0.3 is 12.1 Å². The molecular formula is C13H12F3NO3. The molecule has 0 unspecified atom stereocenters. The van der Waals surface area contributed by atoms with E-state index in [4.69, 9.17) is 4.74 Å². The molecular weight excluding hydrogens is 275 g/mol. The highest BCUT2D eigenvalue weighted by molar-refractivity contribution is 6.00. The number of halogens is 3. The minimum atomic E-state index is -4.57. The number of alkyl halides is 3. The van der Waals surface area contributed by atoms with E-state index in [2.05, 4.69) is 0 Å². The Balaban J connectivity index is 2.79. The summed E-state index contributed by atoms with van der Waals surface area (Å²) in [6, 6.07) is 3.39. The largest absolute Gasteiger partial charge is 0.461 e.